The van der Waals surface area contributed by atoms with Crippen molar-refractivity contribution in [2.75, 3.05) is 13.2 Å². The van der Waals surface area contributed by atoms with Crippen molar-refractivity contribution in [1.82, 2.24) is 5.43 Å². The summed E-state index contributed by atoms with van der Waals surface area (Å²) in [5.74, 6) is 7.90. The number of hydrazine groups is 1. The molecule has 0 aromatic heterocycles. The third kappa shape index (κ3) is 2.94. The summed E-state index contributed by atoms with van der Waals surface area (Å²) in [6.45, 7) is 16.3. The Bertz CT molecular complexity index is 796. The van der Waals surface area contributed by atoms with Gasteiger partial charge in [0.15, 0.2) is 0 Å². The quantitative estimate of drug-likeness (QED) is 0.317. The number of fused-ring (bicyclic) bond motifs is 3. The van der Waals surface area contributed by atoms with Crippen molar-refractivity contribution in [2.24, 2.45) is 50.7 Å². The molecule has 0 radical (unpaired) electrons. The van der Waals surface area contributed by atoms with Gasteiger partial charge in [-0.15, -0.1) is 0 Å². The fourth-order valence-electron chi connectivity index (χ4n) is 10.2. The Morgan fingerprint density at radius 1 is 1.16 bits per heavy atom. The van der Waals surface area contributed by atoms with Crippen molar-refractivity contribution in [1.29, 1.82) is 0 Å². The lowest BCUT2D eigenvalue weighted by atomic mass is 9.37. The van der Waals surface area contributed by atoms with Crippen LogP contribution < -0.4 is 11.3 Å². The number of hydrogen-bond donors (Lipinski definition) is 3. The highest BCUT2D eigenvalue weighted by molar-refractivity contribution is 5.34. The number of aliphatic hydroxyl groups excluding tert-OH is 1. The average molecular weight is 445 g/mol. The lowest BCUT2D eigenvalue weighted by molar-refractivity contribution is -0.229. The molecule has 9 atom stereocenters. The van der Waals surface area contributed by atoms with E-state index in [1.807, 2.05) is 0 Å². The first-order valence-electron chi connectivity index (χ1n) is 13.4. The minimum Gasteiger partial charge on any atom is -0.391 e. The summed E-state index contributed by atoms with van der Waals surface area (Å²) in [4.78, 5) is 0. The second-order valence-corrected chi connectivity index (χ2v) is 14.2. The van der Waals surface area contributed by atoms with Crippen LogP contribution in [-0.2, 0) is 4.74 Å². The molecular formula is C28H48N2O2. The molecule has 0 aromatic carbocycles. The summed E-state index contributed by atoms with van der Waals surface area (Å²) in [5, 5.41) is 11.2. The minimum absolute atomic E-state index is 0.0369. The van der Waals surface area contributed by atoms with E-state index in [1.165, 1.54) is 44.9 Å². The number of allylic oxidation sites excluding steroid dienone is 1. The van der Waals surface area contributed by atoms with Crippen molar-refractivity contribution in [2.45, 2.75) is 105 Å². The average Bonchev–Trinajstić information content (AvgIpc) is 2.71. The molecule has 4 nitrogen and oxygen atoms in total. The van der Waals surface area contributed by atoms with Gasteiger partial charge in [-0.3, -0.25) is 11.3 Å². The summed E-state index contributed by atoms with van der Waals surface area (Å²) in [6, 6.07) is -0.0541. The zero-order valence-corrected chi connectivity index (χ0v) is 21.5. The van der Waals surface area contributed by atoms with E-state index >= 15 is 0 Å². The smallest absolute Gasteiger partial charge is 0.0785 e. The molecule has 4 N–H and O–H groups in total. The van der Waals surface area contributed by atoms with Crippen LogP contribution in [0.2, 0.25) is 0 Å². The molecule has 32 heavy (non-hydrogen) atoms. The van der Waals surface area contributed by atoms with Gasteiger partial charge in [0.05, 0.1) is 19.3 Å². The summed E-state index contributed by atoms with van der Waals surface area (Å²) >= 11 is 0. The van der Waals surface area contributed by atoms with Crippen molar-refractivity contribution < 1.29 is 9.84 Å². The summed E-state index contributed by atoms with van der Waals surface area (Å²) in [7, 11) is 0. The van der Waals surface area contributed by atoms with E-state index in [0.29, 0.717) is 34.7 Å². The molecular weight excluding hydrogens is 396 g/mol. The van der Waals surface area contributed by atoms with Crippen LogP contribution in [0.25, 0.3) is 0 Å². The summed E-state index contributed by atoms with van der Waals surface area (Å²) in [5.41, 5.74) is 5.69. The van der Waals surface area contributed by atoms with Gasteiger partial charge in [0.25, 0.3) is 0 Å². The predicted octanol–water partition coefficient (Wildman–Crippen LogP) is 5.21. The molecule has 2 bridgehead atoms. The van der Waals surface area contributed by atoms with Crippen LogP contribution in [0.15, 0.2) is 11.6 Å². The molecule has 0 unspecified atom stereocenters. The van der Waals surface area contributed by atoms with Crippen LogP contribution in [0, 0.1) is 44.8 Å². The Morgan fingerprint density at radius 2 is 1.91 bits per heavy atom. The molecule has 3 saturated carbocycles. The molecule has 5 rings (SSSR count). The van der Waals surface area contributed by atoms with E-state index in [2.05, 4.69) is 53.0 Å². The Balaban J connectivity index is 1.54. The van der Waals surface area contributed by atoms with Crippen LogP contribution in [0.5, 0.6) is 0 Å². The van der Waals surface area contributed by atoms with Crippen LogP contribution >= 0.6 is 0 Å². The largest absolute Gasteiger partial charge is 0.391 e. The zero-order chi connectivity index (χ0) is 23.2. The predicted molar refractivity (Wildman–Crippen MR) is 130 cm³/mol. The van der Waals surface area contributed by atoms with Gasteiger partial charge in [0, 0.05) is 16.9 Å². The fourth-order valence-corrected chi connectivity index (χ4v) is 10.2. The van der Waals surface area contributed by atoms with Crippen LogP contribution in [0.4, 0.5) is 0 Å². The highest BCUT2D eigenvalue weighted by Gasteiger charge is 2.68. The molecule has 182 valence electrons. The maximum Gasteiger partial charge on any atom is 0.0785 e. The Hall–Kier alpha value is -0.420. The van der Waals surface area contributed by atoms with Gasteiger partial charge in [0.1, 0.15) is 0 Å². The van der Waals surface area contributed by atoms with Crippen molar-refractivity contribution in [3.05, 3.63) is 11.6 Å². The molecule has 4 fully saturated rings. The lowest BCUT2D eigenvalue weighted by Crippen LogP contribution is -2.70. The Labute approximate surface area is 196 Å². The Kier molecular flexibility index (Phi) is 5.31. The third-order valence-electron chi connectivity index (χ3n) is 11.7. The molecule has 1 heterocycles. The fraction of sp³-hybridized carbons (Fsp3) is 0.929. The second kappa shape index (κ2) is 7.29. The monoisotopic (exact) mass is 444 g/mol. The zero-order valence-electron chi connectivity index (χ0n) is 21.5. The van der Waals surface area contributed by atoms with Crippen LogP contribution in [0.1, 0.15) is 92.9 Å². The molecule has 1 aliphatic heterocycles. The van der Waals surface area contributed by atoms with Gasteiger partial charge in [0.2, 0.25) is 0 Å². The van der Waals surface area contributed by atoms with Gasteiger partial charge in [-0.2, -0.15) is 0 Å². The molecule has 0 amide bonds. The van der Waals surface area contributed by atoms with Crippen molar-refractivity contribution in [3.8, 4) is 0 Å². The van der Waals surface area contributed by atoms with E-state index in [0.717, 1.165) is 18.9 Å². The first-order valence-corrected chi connectivity index (χ1v) is 13.4. The van der Waals surface area contributed by atoms with Crippen LogP contribution in [-0.4, -0.2) is 30.5 Å². The number of nitrogens with one attached hydrogen (secondary N) is 1. The Morgan fingerprint density at radius 3 is 2.59 bits per heavy atom. The molecule has 5 aliphatic rings. The molecule has 0 spiro atoms. The molecule has 1 saturated heterocycles. The van der Waals surface area contributed by atoms with Gasteiger partial charge >= 0.3 is 0 Å². The SMILES string of the molecule is CC(C)C[C@@]1(C)CC[C@]2(C)[C@H]3CC[C@@H]4[C@@]5(COC[C@]4(C)[C@@H](O)[C@H](NN)C5)C3=CC[C@@]2(C)C1. The van der Waals surface area contributed by atoms with Gasteiger partial charge in [-0.1, -0.05) is 53.2 Å². The van der Waals surface area contributed by atoms with Gasteiger partial charge < -0.3 is 9.84 Å². The van der Waals surface area contributed by atoms with E-state index in [-0.39, 0.29) is 16.9 Å². The van der Waals surface area contributed by atoms with Gasteiger partial charge in [-0.05, 0) is 85.4 Å². The first-order chi connectivity index (χ1) is 14.9. The summed E-state index contributed by atoms with van der Waals surface area (Å²) < 4.78 is 6.31. The van der Waals surface area contributed by atoms with Gasteiger partial charge in [-0.25, -0.2) is 0 Å². The number of aliphatic hydroxyl groups is 1. The second-order valence-electron chi connectivity index (χ2n) is 14.2. The standard InChI is InChI=1S/C28H48N2O2/c1-18(2)13-24(3)11-12-27(6)19-7-8-22-26(5)16-32-17-28(22,14-21(30-29)23(26)31)20(19)9-10-25(27,4)15-24/h9,18-19,21-23,30-31H,7-8,10-17,29H2,1-6H3/t19-,21+,22-,23-,24+,25-,26-,27+,28-/m0/s1. The van der Waals surface area contributed by atoms with Crippen LogP contribution in [0.3, 0.4) is 0 Å². The number of rotatable bonds is 3. The summed E-state index contributed by atoms with van der Waals surface area (Å²) in [6.07, 6.45) is 12.2. The molecule has 0 aromatic rings. The van der Waals surface area contributed by atoms with Crippen molar-refractivity contribution in [3.63, 3.8) is 0 Å². The highest BCUT2D eigenvalue weighted by Crippen LogP contribution is 2.72. The van der Waals surface area contributed by atoms with E-state index in [4.69, 9.17) is 10.6 Å². The molecule has 4 aliphatic carbocycles. The highest BCUT2D eigenvalue weighted by atomic mass is 16.5. The van der Waals surface area contributed by atoms with E-state index < -0.39 is 6.10 Å². The number of ether oxygens (including phenoxy) is 1. The third-order valence-corrected chi connectivity index (χ3v) is 11.7. The van der Waals surface area contributed by atoms with E-state index in [9.17, 15) is 5.11 Å². The lowest BCUT2D eigenvalue weighted by Gasteiger charge is -2.70. The topological polar surface area (TPSA) is 67.5 Å². The van der Waals surface area contributed by atoms with Crippen molar-refractivity contribution >= 4 is 0 Å². The first kappa shape index (κ1) is 23.3. The number of nitrogens with two attached hydrogens (primary N) is 1. The van der Waals surface area contributed by atoms with E-state index in [1.54, 1.807) is 5.57 Å². The maximum atomic E-state index is 11.2. The minimum atomic E-state index is -0.445. The molecule has 4 heteroatoms. The normalized spacial score (nSPS) is 55.0. The maximum absolute atomic E-state index is 11.2. The number of hydrogen-bond acceptors (Lipinski definition) is 4.